The summed E-state index contributed by atoms with van der Waals surface area (Å²) in [6.07, 6.45) is 0.585. The number of esters is 2. The lowest BCUT2D eigenvalue weighted by molar-refractivity contribution is -0.384. The first-order chi connectivity index (χ1) is 15.7. The molecule has 0 saturated heterocycles. The van der Waals surface area contributed by atoms with Gasteiger partial charge in [0, 0.05) is 29.3 Å². The van der Waals surface area contributed by atoms with Gasteiger partial charge in [0.1, 0.15) is 5.92 Å². The molecule has 0 spiro atoms. The van der Waals surface area contributed by atoms with Crippen LogP contribution in [0, 0.1) is 16.0 Å². The Balaban J connectivity index is 2.30. The van der Waals surface area contributed by atoms with Crippen molar-refractivity contribution in [2.45, 2.75) is 31.9 Å². The summed E-state index contributed by atoms with van der Waals surface area (Å²) in [5, 5.41) is 26.2. The van der Waals surface area contributed by atoms with Crippen LogP contribution < -0.4 is 5.32 Å². The Morgan fingerprint density at radius 1 is 1.18 bits per heavy atom. The predicted molar refractivity (Wildman–Crippen MR) is 119 cm³/mol. The minimum absolute atomic E-state index is 0.0972. The summed E-state index contributed by atoms with van der Waals surface area (Å²) in [6.45, 7) is 3.59. The SMILES string of the molecule is CCCOC(=O)C1=C(C)NC(O)(c2ccccc2)C(C(=O)OC)C1c1cccc([N+](=O)[O-])c1. The highest BCUT2D eigenvalue weighted by molar-refractivity contribution is 5.93. The molecule has 9 heteroatoms. The van der Waals surface area contributed by atoms with Gasteiger partial charge in [-0.1, -0.05) is 49.4 Å². The van der Waals surface area contributed by atoms with Crippen LogP contribution in [0.4, 0.5) is 5.69 Å². The summed E-state index contributed by atoms with van der Waals surface area (Å²) in [4.78, 5) is 37.1. The molecule has 0 amide bonds. The number of hydrogen-bond donors (Lipinski definition) is 2. The Labute approximate surface area is 191 Å². The molecule has 9 nitrogen and oxygen atoms in total. The number of methoxy groups -OCH3 is 1. The fourth-order valence-corrected chi connectivity index (χ4v) is 4.19. The molecule has 3 unspecified atom stereocenters. The number of rotatable bonds is 7. The van der Waals surface area contributed by atoms with Crippen molar-refractivity contribution in [3.8, 4) is 0 Å². The maximum atomic E-state index is 13.1. The Morgan fingerprint density at radius 3 is 2.48 bits per heavy atom. The van der Waals surface area contributed by atoms with Gasteiger partial charge in [-0.2, -0.15) is 0 Å². The molecule has 33 heavy (non-hydrogen) atoms. The molecule has 1 aliphatic rings. The van der Waals surface area contributed by atoms with E-state index < -0.39 is 34.4 Å². The van der Waals surface area contributed by atoms with Crippen LogP contribution >= 0.6 is 0 Å². The molecule has 174 valence electrons. The Kier molecular flexibility index (Phi) is 7.13. The van der Waals surface area contributed by atoms with Gasteiger partial charge >= 0.3 is 11.9 Å². The van der Waals surface area contributed by atoms with E-state index in [-0.39, 0.29) is 17.9 Å². The number of hydrogen-bond acceptors (Lipinski definition) is 8. The van der Waals surface area contributed by atoms with Crippen molar-refractivity contribution < 1.29 is 29.1 Å². The third-order valence-corrected chi connectivity index (χ3v) is 5.64. The fraction of sp³-hybridized carbons (Fsp3) is 0.333. The normalized spacial score (nSPS) is 22.3. The lowest BCUT2D eigenvalue weighted by Crippen LogP contribution is -2.57. The Morgan fingerprint density at radius 2 is 1.88 bits per heavy atom. The zero-order valence-electron chi connectivity index (χ0n) is 18.6. The van der Waals surface area contributed by atoms with E-state index in [9.17, 15) is 24.8 Å². The number of carbonyl (C=O) groups is 2. The number of benzene rings is 2. The second-order valence-corrected chi connectivity index (χ2v) is 7.76. The number of allylic oxidation sites excluding steroid dienone is 1. The van der Waals surface area contributed by atoms with E-state index in [2.05, 4.69) is 5.32 Å². The average Bonchev–Trinajstić information content (AvgIpc) is 2.82. The molecular weight excluding hydrogens is 428 g/mol. The molecule has 0 bridgehead atoms. The van der Waals surface area contributed by atoms with Gasteiger partial charge in [-0.25, -0.2) is 4.79 Å². The molecule has 0 aliphatic carbocycles. The number of aliphatic hydroxyl groups is 1. The number of carbonyl (C=O) groups excluding carboxylic acids is 2. The summed E-state index contributed by atoms with van der Waals surface area (Å²) in [5.41, 5.74) is -1.10. The number of nitrogens with zero attached hydrogens (tertiary/aromatic N) is 1. The largest absolute Gasteiger partial charge is 0.469 e. The zero-order chi connectivity index (χ0) is 24.2. The molecule has 1 heterocycles. The van der Waals surface area contributed by atoms with Crippen LogP contribution in [0.2, 0.25) is 0 Å². The van der Waals surface area contributed by atoms with Crippen molar-refractivity contribution in [3.05, 3.63) is 87.1 Å². The smallest absolute Gasteiger partial charge is 0.336 e. The molecule has 2 aromatic carbocycles. The van der Waals surface area contributed by atoms with Gasteiger partial charge in [0.15, 0.2) is 5.72 Å². The van der Waals surface area contributed by atoms with E-state index in [4.69, 9.17) is 9.47 Å². The molecule has 3 atom stereocenters. The van der Waals surface area contributed by atoms with E-state index in [1.165, 1.54) is 25.3 Å². The summed E-state index contributed by atoms with van der Waals surface area (Å²) >= 11 is 0. The van der Waals surface area contributed by atoms with Gasteiger partial charge in [-0.15, -0.1) is 0 Å². The number of non-ortho nitro benzene ring substituents is 1. The highest BCUT2D eigenvalue weighted by Gasteiger charge is 2.55. The van der Waals surface area contributed by atoms with Crippen LogP contribution in [0.25, 0.3) is 0 Å². The van der Waals surface area contributed by atoms with E-state index in [1.54, 1.807) is 43.3 Å². The Hall–Kier alpha value is -3.72. The van der Waals surface area contributed by atoms with Crippen LogP contribution in [-0.4, -0.2) is 35.7 Å². The molecule has 2 N–H and O–H groups in total. The number of nitro groups is 1. The van der Waals surface area contributed by atoms with Crippen molar-refractivity contribution in [1.82, 2.24) is 5.32 Å². The summed E-state index contributed by atoms with van der Waals surface area (Å²) in [7, 11) is 1.18. The topological polar surface area (TPSA) is 128 Å². The highest BCUT2D eigenvalue weighted by atomic mass is 16.6. The van der Waals surface area contributed by atoms with E-state index in [0.717, 1.165) is 0 Å². The van der Waals surface area contributed by atoms with E-state index in [0.29, 0.717) is 23.2 Å². The first kappa shape index (κ1) is 23.9. The summed E-state index contributed by atoms with van der Waals surface area (Å²) < 4.78 is 10.4. The molecule has 0 saturated carbocycles. The maximum absolute atomic E-state index is 13.1. The van der Waals surface area contributed by atoms with Gasteiger partial charge in [-0.05, 0) is 18.9 Å². The van der Waals surface area contributed by atoms with Gasteiger partial charge in [0.05, 0.1) is 24.2 Å². The van der Waals surface area contributed by atoms with Gasteiger partial charge < -0.3 is 19.9 Å². The standard InChI is InChI=1S/C24H26N2O7/c1-4-13-33-22(27)19-15(2)25-24(29,17-10-6-5-7-11-17)21(23(28)32-3)20(19)16-9-8-12-18(14-16)26(30)31/h5-12,14,20-21,25,29H,4,13H2,1-3H3. The first-order valence-electron chi connectivity index (χ1n) is 10.5. The quantitative estimate of drug-likeness (QED) is 0.371. The van der Waals surface area contributed by atoms with Crippen LogP contribution in [0.3, 0.4) is 0 Å². The summed E-state index contributed by atoms with van der Waals surface area (Å²) in [6, 6.07) is 14.1. The first-order valence-corrected chi connectivity index (χ1v) is 10.5. The fourth-order valence-electron chi connectivity index (χ4n) is 4.19. The molecule has 1 aliphatic heterocycles. The van der Waals surface area contributed by atoms with Crippen LogP contribution in [0.5, 0.6) is 0 Å². The van der Waals surface area contributed by atoms with Crippen molar-refractivity contribution in [2.75, 3.05) is 13.7 Å². The van der Waals surface area contributed by atoms with Crippen LogP contribution in [0.1, 0.15) is 37.3 Å². The van der Waals surface area contributed by atoms with Crippen molar-refractivity contribution in [1.29, 1.82) is 0 Å². The third kappa shape index (κ3) is 4.58. The monoisotopic (exact) mass is 454 g/mol. The number of nitrogens with one attached hydrogen (secondary N) is 1. The average molecular weight is 454 g/mol. The lowest BCUT2D eigenvalue weighted by Gasteiger charge is -2.45. The van der Waals surface area contributed by atoms with Crippen molar-refractivity contribution >= 4 is 17.6 Å². The number of ether oxygens (including phenoxy) is 2. The second kappa shape index (κ2) is 9.83. The highest BCUT2D eigenvalue weighted by Crippen LogP contribution is 2.47. The second-order valence-electron chi connectivity index (χ2n) is 7.76. The Bertz CT molecular complexity index is 1080. The van der Waals surface area contributed by atoms with Crippen molar-refractivity contribution in [2.24, 2.45) is 5.92 Å². The minimum atomic E-state index is -1.96. The number of nitro benzene ring substituents is 1. The van der Waals surface area contributed by atoms with E-state index in [1.807, 2.05) is 6.92 Å². The molecule has 0 radical (unpaired) electrons. The van der Waals surface area contributed by atoms with Crippen LogP contribution in [0.15, 0.2) is 65.9 Å². The van der Waals surface area contributed by atoms with Gasteiger partial charge in [0.25, 0.3) is 5.69 Å². The molecule has 0 aromatic heterocycles. The van der Waals surface area contributed by atoms with E-state index >= 15 is 0 Å². The predicted octanol–water partition coefficient (Wildman–Crippen LogP) is 3.14. The van der Waals surface area contributed by atoms with Crippen LogP contribution in [-0.2, 0) is 24.8 Å². The molecule has 2 aromatic rings. The zero-order valence-corrected chi connectivity index (χ0v) is 18.6. The van der Waals surface area contributed by atoms with Crippen molar-refractivity contribution in [3.63, 3.8) is 0 Å². The lowest BCUT2D eigenvalue weighted by atomic mass is 9.69. The maximum Gasteiger partial charge on any atom is 0.336 e. The summed E-state index contributed by atoms with van der Waals surface area (Å²) in [5.74, 6) is -3.89. The molecule has 0 fully saturated rings. The third-order valence-electron chi connectivity index (χ3n) is 5.64. The minimum Gasteiger partial charge on any atom is -0.469 e. The molecule has 3 rings (SSSR count). The molecular formula is C24H26N2O7. The van der Waals surface area contributed by atoms with Gasteiger partial charge in [-0.3, -0.25) is 14.9 Å². The van der Waals surface area contributed by atoms with Gasteiger partial charge in [0.2, 0.25) is 0 Å².